The van der Waals surface area contributed by atoms with Gasteiger partial charge in [-0.25, -0.2) is 4.57 Å². The van der Waals surface area contributed by atoms with Crippen LogP contribution in [0.2, 0.25) is 0 Å². The number of hydrogen-bond donors (Lipinski definition) is 8. The summed E-state index contributed by atoms with van der Waals surface area (Å²) in [5, 5.41) is 51.8. The zero-order valence-electron chi connectivity index (χ0n) is 77.0. The molecule has 0 radical (unpaired) electrons. The molecule has 2 rings (SSSR count). The van der Waals surface area contributed by atoms with Crippen molar-refractivity contribution in [3.8, 4) is 0 Å². The number of esters is 4. The Morgan fingerprint density at radius 2 is 0.608 bits per heavy atom. The van der Waals surface area contributed by atoms with Crippen LogP contribution in [0.25, 0.3) is 0 Å². The van der Waals surface area contributed by atoms with Gasteiger partial charge in [-0.1, -0.05) is 388 Å². The van der Waals surface area contributed by atoms with Gasteiger partial charge in [-0.05, 0) is 57.8 Å². The lowest BCUT2D eigenvalue weighted by Crippen LogP contribution is -2.67. The van der Waals surface area contributed by atoms with Gasteiger partial charge in [-0.3, -0.25) is 33.3 Å². The van der Waals surface area contributed by atoms with E-state index in [1.807, 2.05) is 0 Å². The van der Waals surface area contributed by atoms with E-state index in [1.165, 1.54) is 173 Å². The summed E-state index contributed by atoms with van der Waals surface area (Å²) in [5.41, 5.74) is 0. The van der Waals surface area contributed by atoms with Gasteiger partial charge in [0.05, 0.1) is 32.5 Å². The van der Waals surface area contributed by atoms with Crippen molar-refractivity contribution in [3.63, 3.8) is 0 Å². The van der Waals surface area contributed by atoms with E-state index in [0.717, 1.165) is 173 Å². The molecule has 8 N–H and O–H groups in total. The second-order valence-electron chi connectivity index (χ2n) is 35.5. The number of ether oxygens (including phenoxy) is 7. The van der Waals surface area contributed by atoms with Crippen molar-refractivity contribution in [1.29, 1.82) is 0 Å². The molecule has 2 aliphatic heterocycles. The molecular weight excluding hydrogens is 1550 g/mol. The van der Waals surface area contributed by atoms with E-state index in [1.54, 1.807) is 0 Å². The molecule has 0 spiro atoms. The van der Waals surface area contributed by atoms with Crippen molar-refractivity contribution in [2.45, 2.75) is 564 Å². The molecule has 2 amide bonds. The summed E-state index contributed by atoms with van der Waals surface area (Å²) in [5.74, 6) is -3.84. The van der Waals surface area contributed by atoms with Crippen molar-refractivity contribution in [1.82, 2.24) is 10.6 Å². The highest BCUT2D eigenvalue weighted by molar-refractivity contribution is 7.46. The minimum Gasteiger partial charge on any atom is -0.462 e. The van der Waals surface area contributed by atoms with Gasteiger partial charge < -0.3 is 74.0 Å². The van der Waals surface area contributed by atoms with E-state index >= 15 is 4.79 Å². The number of aliphatic hydroxyl groups is 4. The molecule has 0 aromatic carbocycles. The smallest absolute Gasteiger partial charge is 0.462 e. The number of hydrogen-bond acceptors (Lipinski definition) is 19. The molecule has 2 fully saturated rings. The monoisotopic (exact) mass is 1730 g/mol. The molecular formula is C96H181N2O21P. The third-order valence-electron chi connectivity index (χ3n) is 24.1. The lowest BCUT2D eigenvalue weighted by Gasteiger charge is -2.46. The van der Waals surface area contributed by atoms with Gasteiger partial charge >= 0.3 is 31.7 Å². The first kappa shape index (κ1) is 113. The SMILES string of the molecule is CCCCCCCCCCCCCC(=O)O[C@H](CCCCCCCCCCC)CC(=O)NC1[C@H](OCC2O[C@H](O)C(NC(=O)C[C@@H](CCCCCCCCCCC)OC(=O)CCCCCCCCCCCCC)[C@@H](O)[C@@H]2O)OC(CO)[C@@H](OP(=O)(O)O)[C@@H]1OC(=O)C[C@@H](CCCCCCCCCCC)OC(=O)CCCCCCCCCCCCC. The van der Waals surface area contributed by atoms with Crippen LogP contribution in [0.4, 0.5) is 0 Å². The molecule has 120 heavy (non-hydrogen) atoms. The van der Waals surface area contributed by atoms with E-state index in [2.05, 4.69) is 52.2 Å². The molecule has 23 nitrogen and oxygen atoms in total. The second kappa shape index (κ2) is 76.8. The molecule has 2 saturated heterocycles. The standard InChI is InChI=1S/C96H181N2O21P/c1-7-13-19-25-31-37-40-46-52-58-64-70-85(102)113-78(67-61-55-49-43-34-28-22-16-10-4)73-83(100)97-89-92(107)91(106)82(116-95(89)108)77-112-96-90(98-84(101)74-79(68-62-56-50-44-35-29-23-17-11-5)114-86(103)71-65-59-53-47-41-38-32-26-20-14-8-2)94(93(81(76-99)117-96)119-120(109,110)111)118-88(105)75-80(69-63-57-51-45-36-30-24-18-12-6)115-87(104)72-66-60-54-48-42-39-33-27-21-15-9-3/h78-82,89-96,99,106-108H,7-77H2,1-6H3,(H,97,100)(H,98,101)(H2,109,110,111)/t78-,79-,80-,81?,82?,89?,90?,91-,92-,93-,94-,95+,96-/m1/s1. The van der Waals surface area contributed by atoms with Crippen molar-refractivity contribution >= 4 is 43.5 Å². The quantitative estimate of drug-likeness (QED) is 0.0121. The highest BCUT2D eigenvalue weighted by Crippen LogP contribution is 2.43. The zero-order chi connectivity index (χ0) is 87.7. The maximum atomic E-state index is 15.0. The molecule has 0 bridgehead atoms. The van der Waals surface area contributed by atoms with Crippen LogP contribution in [0.5, 0.6) is 0 Å². The van der Waals surface area contributed by atoms with E-state index in [0.29, 0.717) is 51.4 Å². The van der Waals surface area contributed by atoms with Crippen LogP contribution in [0.15, 0.2) is 0 Å². The molecule has 0 aromatic rings. The Hall–Kier alpha value is -3.35. The number of carbonyl (C=O) groups is 6. The van der Waals surface area contributed by atoms with Gasteiger partial charge in [0.2, 0.25) is 11.8 Å². The van der Waals surface area contributed by atoms with Crippen LogP contribution in [0.3, 0.4) is 0 Å². The first-order valence-electron chi connectivity index (χ1n) is 49.9. The van der Waals surface area contributed by atoms with Crippen LogP contribution < -0.4 is 10.6 Å². The highest BCUT2D eigenvalue weighted by atomic mass is 31.2. The summed E-state index contributed by atoms with van der Waals surface area (Å²) >= 11 is 0. The molecule has 4 unspecified atom stereocenters. The third-order valence-corrected chi connectivity index (χ3v) is 24.6. The summed E-state index contributed by atoms with van der Waals surface area (Å²) in [6, 6.07) is -3.37. The van der Waals surface area contributed by atoms with E-state index in [9.17, 15) is 58.8 Å². The minimum absolute atomic E-state index is 0.124. The number of rotatable bonds is 84. The lowest BCUT2D eigenvalue weighted by molar-refractivity contribution is -0.297. The van der Waals surface area contributed by atoms with Gasteiger partial charge in [0.25, 0.3) is 0 Å². The normalized spacial score (nSPS) is 20.2. The Labute approximate surface area is 729 Å². The topological polar surface area (TPSA) is 339 Å². The molecule has 13 atom stereocenters. The number of phosphoric ester groups is 1. The van der Waals surface area contributed by atoms with Crippen molar-refractivity contribution < 1.29 is 101 Å². The van der Waals surface area contributed by atoms with Crippen molar-refractivity contribution in [3.05, 3.63) is 0 Å². The first-order chi connectivity index (χ1) is 58.2. The molecule has 2 aliphatic rings. The average molecular weight is 1730 g/mol. The second-order valence-corrected chi connectivity index (χ2v) is 36.7. The number of amides is 2. The van der Waals surface area contributed by atoms with Gasteiger partial charge in [-0.2, -0.15) is 0 Å². The van der Waals surface area contributed by atoms with Crippen LogP contribution >= 0.6 is 7.82 Å². The summed E-state index contributed by atoms with van der Waals surface area (Å²) in [6.45, 7) is 11.4. The van der Waals surface area contributed by atoms with Gasteiger partial charge in [0.1, 0.15) is 60.9 Å². The number of nitrogens with one attached hydrogen (secondary N) is 2. The first-order valence-corrected chi connectivity index (χ1v) is 51.4. The number of phosphoric acid groups is 1. The van der Waals surface area contributed by atoms with E-state index in [-0.39, 0.29) is 32.1 Å². The molecule has 0 saturated carbocycles. The summed E-state index contributed by atoms with van der Waals surface area (Å²) in [7, 11) is -5.58. The highest BCUT2D eigenvalue weighted by Gasteiger charge is 2.53. The van der Waals surface area contributed by atoms with Crippen LogP contribution in [0.1, 0.15) is 485 Å². The maximum Gasteiger partial charge on any atom is 0.470 e. The molecule has 706 valence electrons. The minimum atomic E-state index is -5.58. The molecule has 0 aliphatic carbocycles. The third kappa shape index (κ3) is 60.3. The van der Waals surface area contributed by atoms with Gasteiger partial charge in [0.15, 0.2) is 18.7 Å². The fraction of sp³-hybridized carbons (Fsp3) is 0.938. The van der Waals surface area contributed by atoms with Crippen LogP contribution in [-0.4, -0.2) is 159 Å². The van der Waals surface area contributed by atoms with Crippen molar-refractivity contribution in [2.24, 2.45) is 0 Å². The molecule has 0 aromatic heterocycles. The number of aliphatic hydroxyl groups excluding tert-OH is 4. The number of carbonyl (C=O) groups excluding carboxylic acids is 6. The average Bonchev–Trinajstić information content (AvgIpc) is 0.772. The fourth-order valence-corrected chi connectivity index (χ4v) is 17.3. The molecule has 24 heteroatoms. The van der Waals surface area contributed by atoms with Gasteiger partial charge in [-0.15, -0.1) is 0 Å². The Bertz CT molecular complexity index is 2510. The Kier molecular flexibility index (Phi) is 72.2. The largest absolute Gasteiger partial charge is 0.470 e. The van der Waals surface area contributed by atoms with Crippen LogP contribution in [-0.2, 0) is 71.0 Å². The maximum absolute atomic E-state index is 15.0. The predicted octanol–water partition coefficient (Wildman–Crippen LogP) is 22.3. The Morgan fingerprint density at radius 1 is 0.333 bits per heavy atom. The summed E-state index contributed by atoms with van der Waals surface area (Å²) in [6.07, 6.45) is 46.7. The predicted molar refractivity (Wildman–Crippen MR) is 478 cm³/mol. The van der Waals surface area contributed by atoms with Crippen molar-refractivity contribution in [2.75, 3.05) is 13.2 Å². The Morgan fingerprint density at radius 3 is 0.900 bits per heavy atom. The lowest BCUT2D eigenvalue weighted by atomic mass is 9.95. The summed E-state index contributed by atoms with van der Waals surface area (Å²) in [4.78, 5) is 106. The van der Waals surface area contributed by atoms with Crippen LogP contribution in [0, 0.1) is 0 Å². The van der Waals surface area contributed by atoms with E-state index < -0.39 is 149 Å². The fourth-order valence-electron chi connectivity index (χ4n) is 16.7. The number of unbranched alkanes of at least 4 members (excludes halogenated alkanes) is 54. The van der Waals surface area contributed by atoms with Gasteiger partial charge in [0, 0.05) is 19.3 Å². The zero-order valence-corrected chi connectivity index (χ0v) is 77.9. The van der Waals surface area contributed by atoms with E-state index in [4.69, 9.17) is 37.7 Å². The summed E-state index contributed by atoms with van der Waals surface area (Å²) < 4.78 is 61.5. The Balaban J connectivity index is 2.58. The molecule has 2 heterocycles.